The van der Waals surface area contributed by atoms with Crippen LogP contribution in [-0.4, -0.2) is 28.5 Å². The highest BCUT2D eigenvalue weighted by Crippen LogP contribution is 2.25. The van der Waals surface area contributed by atoms with Gasteiger partial charge >= 0.3 is 0 Å². The van der Waals surface area contributed by atoms with Crippen LogP contribution in [0, 0.1) is 0 Å². The minimum absolute atomic E-state index is 0.00523. The molecule has 0 atom stereocenters. The van der Waals surface area contributed by atoms with Crippen molar-refractivity contribution in [3.05, 3.63) is 54.0 Å². The van der Waals surface area contributed by atoms with Crippen LogP contribution in [0.3, 0.4) is 0 Å². The van der Waals surface area contributed by atoms with E-state index in [9.17, 15) is 13.2 Å². The minimum Gasteiger partial charge on any atom is -0.495 e. The minimum atomic E-state index is -3.66. The van der Waals surface area contributed by atoms with E-state index in [0.717, 1.165) is 0 Å². The molecule has 0 radical (unpaired) electrons. The Morgan fingerprint density at radius 3 is 2.75 bits per heavy atom. The molecule has 1 aromatic carbocycles. The fourth-order valence-corrected chi connectivity index (χ4v) is 2.86. The molecule has 1 amide bonds. The monoisotopic (exact) mass is 350 g/mol. The fourth-order valence-electron chi connectivity index (χ4n) is 1.94. The summed E-state index contributed by atoms with van der Waals surface area (Å²) in [5, 5.41) is 2.66. The number of furan rings is 1. The first-order valence-corrected chi connectivity index (χ1v) is 8.54. The number of benzene rings is 1. The number of ether oxygens (including phenoxy) is 1. The highest BCUT2D eigenvalue weighted by molar-refractivity contribution is 7.89. The standard InChI is InChI=1S/C16H18N2O5S/c1-17-24(20,21)15-10-12(5-7-14(15)22-2)6-8-16(19)18-11-13-4-3-9-23-13/h3-10,17H,11H2,1-2H3,(H,18,19)/b8-6+. The van der Waals surface area contributed by atoms with Crippen molar-refractivity contribution in [3.63, 3.8) is 0 Å². The van der Waals surface area contributed by atoms with E-state index in [-0.39, 0.29) is 23.1 Å². The average Bonchev–Trinajstić information content (AvgIpc) is 3.11. The van der Waals surface area contributed by atoms with Crippen molar-refractivity contribution in [1.82, 2.24) is 10.0 Å². The van der Waals surface area contributed by atoms with E-state index in [1.165, 1.54) is 44.7 Å². The molecule has 2 aromatic rings. The van der Waals surface area contributed by atoms with Gasteiger partial charge in [-0.25, -0.2) is 13.1 Å². The van der Waals surface area contributed by atoms with Gasteiger partial charge < -0.3 is 14.5 Å². The molecule has 2 N–H and O–H groups in total. The van der Waals surface area contributed by atoms with Crippen molar-refractivity contribution in [2.24, 2.45) is 0 Å². The maximum Gasteiger partial charge on any atom is 0.244 e. The Balaban J connectivity index is 2.11. The molecule has 1 heterocycles. The Hall–Kier alpha value is -2.58. The Labute approximate surface area is 140 Å². The van der Waals surface area contributed by atoms with Crippen LogP contribution >= 0.6 is 0 Å². The molecular formula is C16H18N2O5S. The molecule has 0 aliphatic heterocycles. The van der Waals surface area contributed by atoms with Gasteiger partial charge in [-0.1, -0.05) is 6.07 Å². The SMILES string of the molecule is CNS(=O)(=O)c1cc(/C=C/C(=O)NCc2ccco2)ccc1OC. The number of carbonyl (C=O) groups is 1. The molecule has 0 unspecified atom stereocenters. The topological polar surface area (TPSA) is 97.6 Å². The molecule has 8 heteroatoms. The summed E-state index contributed by atoms with van der Waals surface area (Å²) in [5.74, 6) is 0.549. The number of amides is 1. The zero-order chi connectivity index (χ0) is 17.6. The molecule has 0 aliphatic rings. The van der Waals surface area contributed by atoms with Gasteiger partial charge in [0.25, 0.3) is 0 Å². The van der Waals surface area contributed by atoms with E-state index in [0.29, 0.717) is 11.3 Å². The summed E-state index contributed by atoms with van der Waals surface area (Å²) < 4.78 is 36.4. The number of sulfonamides is 1. The van der Waals surface area contributed by atoms with Crippen LogP contribution in [0.5, 0.6) is 5.75 Å². The van der Waals surface area contributed by atoms with Crippen molar-refractivity contribution >= 4 is 22.0 Å². The van der Waals surface area contributed by atoms with Crippen LogP contribution < -0.4 is 14.8 Å². The van der Waals surface area contributed by atoms with E-state index < -0.39 is 10.0 Å². The molecule has 24 heavy (non-hydrogen) atoms. The normalized spacial score (nSPS) is 11.6. The molecule has 0 bridgehead atoms. The van der Waals surface area contributed by atoms with Gasteiger partial charge in [0, 0.05) is 6.08 Å². The van der Waals surface area contributed by atoms with Gasteiger partial charge in [-0.05, 0) is 43.0 Å². The molecule has 1 aromatic heterocycles. The number of methoxy groups -OCH3 is 1. The first kappa shape index (κ1) is 17.8. The summed E-state index contributed by atoms with van der Waals surface area (Å²) in [4.78, 5) is 11.8. The smallest absolute Gasteiger partial charge is 0.244 e. The predicted octanol–water partition coefficient (Wildman–Crippen LogP) is 1.53. The maximum atomic E-state index is 12.0. The number of carbonyl (C=O) groups excluding carboxylic acids is 1. The molecule has 0 saturated heterocycles. The van der Waals surface area contributed by atoms with Crippen LogP contribution in [-0.2, 0) is 21.4 Å². The van der Waals surface area contributed by atoms with Gasteiger partial charge in [0.1, 0.15) is 16.4 Å². The highest BCUT2D eigenvalue weighted by Gasteiger charge is 2.17. The third kappa shape index (κ3) is 4.46. The summed E-state index contributed by atoms with van der Waals surface area (Å²) in [7, 11) is -0.954. The molecular weight excluding hydrogens is 332 g/mol. The predicted molar refractivity (Wildman–Crippen MR) is 88.8 cm³/mol. The summed E-state index contributed by atoms with van der Waals surface area (Å²) in [6.07, 6.45) is 4.37. The molecule has 2 rings (SSSR count). The van der Waals surface area contributed by atoms with E-state index in [4.69, 9.17) is 9.15 Å². The number of hydrogen-bond donors (Lipinski definition) is 2. The lowest BCUT2D eigenvalue weighted by atomic mass is 10.2. The number of rotatable bonds is 7. The van der Waals surface area contributed by atoms with Crippen molar-refractivity contribution in [1.29, 1.82) is 0 Å². The van der Waals surface area contributed by atoms with E-state index in [1.807, 2.05) is 0 Å². The molecule has 0 saturated carbocycles. The van der Waals surface area contributed by atoms with Gasteiger partial charge in [-0.2, -0.15) is 0 Å². The van der Waals surface area contributed by atoms with Gasteiger partial charge in [-0.3, -0.25) is 4.79 Å². The third-order valence-corrected chi connectivity index (χ3v) is 4.63. The molecule has 0 spiro atoms. The summed E-state index contributed by atoms with van der Waals surface area (Å²) in [6, 6.07) is 8.11. The lowest BCUT2D eigenvalue weighted by molar-refractivity contribution is -0.116. The first-order chi connectivity index (χ1) is 11.5. The number of hydrogen-bond acceptors (Lipinski definition) is 5. The summed E-state index contributed by atoms with van der Waals surface area (Å²) >= 11 is 0. The second-order valence-electron chi connectivity index (χ2n) is 4.75. The summed E-state index contributed by atoms with van der Waals surface area (Å²) in [5.41, 5.74) is 0.553. The second kappa shape index (κ2) is 7.80. The van der Waals surface area contributed by atoms with Gasteiger partial charge in [0.2, 0.25) is 15.9 Å². The quantitative estimate of drug-likeness (QED) is 0.738. The molecule has 7 nitrogen and oxygen atoms in total. The lowest BCUT2D eigenvalue weighted by Crippen LogP contribution is -2.20. The van der Waals surface area contributed by atoms with Crippen molar-refractivity contribution in [2.45, 2.75) is 11.4 Å². The Morgan fingerprint density at radius 1 is 1.33 bits per heavy atom. The van der Waals surface area contributed by atoms with Crippen LogP contribution in [0.4, 0.5) is 0 Å². The third-order valence-electron chi connectivity index (χ3n) is 3.19. The van der Waals surface area contributed by atoms with Crippen LogP contribution in [0.1, 0.15) is 11.3 Å². The Bertz CT molecular complexity index is 826. The fraction of sp³-hybridized carbons (Fsp3) is 0.188. The molecule has 128 valence electrons. The van der Waals surface area contributed by atoms with Gasteiger partial charge in [0.05, 0.1) is 19.9 Å². The van der Waals surface area contributed by atoms with Crippen molar-refractivity contribution in [3.8, 4) is 5.75 Å². The first-order valence-electron chi connectivity index (χ1n) is 7.06. The van der Waals surface area contributed by atoms with Crippen LogP contribution in [0.15, 0.2) is 52.0 Å². The maximum absolute atomic E-state index is 12.0. The van der Waals surface area contributed by atoms with Gasteiger partial charge in [0.15, 0.2) is 0 Å². The van der Waals surface area contributed by atoms with Crippen molar-refractivity contribution < 1.29 is 22.4 Å². The second-order valence-corrected chi connectivity index (χ2v) is 6.60. The lowest BCUT2D eigenvalue weighted by Gasteiger charge is -2.09. The van der Waals surface area contributed by atoms with E-state index in [1.54, 1.807) is 18.2 Å². The van der Waals surface area contributed by atoms with Crippen LogP contribution in [0.2, 0.25) is 0 Å². The van der Waals surface area contributed by atoms with E-state index >= 15 is 0 Å². The molecule has 0 fully saturated rings. The zero-order valence-corrected chi connectivity index (χ0v) is 14.1. The van der Waals surface area contributed by atoms with Crippen molar-refractivity contribution in [2.75, 3.05) is 14.2 Å². The molecule has 0 aliphatic carbocycles. The highest BCUT2D eigenvalue weighted by atomic mass is 32.2. The Kier molecular flexibility index (Phi) is 5.78. The summed E-state index contributed by atoms with van der Waals surface area (Å²) in [6.45, 7) is 0.276. The zero-order valence-electron chi connectivity index (χ0n) is 13.3. The largest absolute Gasteiger partial charge is 0.495 e. The average molecular weight is 350 g/mol. The van der Waals surface area contributed by atoms with Crippen LogP contribution in [0.25, 0.3) is 6.08 Å². The Morgan fingerprint density at radius 2 is 2.12 bits per heavy atom. The number of nitrogens with one attached hydrogen (secondary N) is 2. The van der Waals surface area contributed by atoms with E-state index in [2.05, 4.69) is 10.0 Å². The van der Waals surface area contributed by atoms with Gasteiger partial charge in [-0.15, -0.1) is 0 Å².